The number of hydrogen-bond acceptors (Lipinski definition) is 2. The standard InChI is InChI=1S/C10H22N2O/c1-6-12(7-2)8-10(13)11(5)9(3)4/h9H,6-8H2,1-5H3. The summed E-state index contributed by atoms with van der Waals surface area (Å²) in [6.45, 7) is 10.6. The van der Waals surface area contributed by atoms with Crippen molar-refractivity contribution in [3.05, 3.63) is 0 Å². The van der Waals surface area contributed by atoms with Gasteiger partial charge in [-0.3, -0.25) is 9.69 Å². The van der Waals surface area contributed by atoms with Gasteiger partial charge in [-0.05, 0) is 26.9 Å². The van der Waals surface area contributed by atoms with Gasteiger partial charge < -0.3 is 4.90 Å². The van der Waals surface area contributed by atoms with Crippen LogP contribution < -0.4 is 0 Å². The van der Waals surface area contributed by atoms with E-state index in [1.165, 1.54) is 0 Å². The lowest BCUT2D eigenvalue weighted by Gasteiger charge is -2.25. The summed E-state index contributed by atoms with van der Waals surface area (Å²) in [5, 5.41) is 0. The molecule has 0 aromatic rings. The highest BCUT2D eigenvalue weighted by Gasteiger charge is 2.13. The number of hydrogen-bond donors (Lipinski definition) is 0. The van der Waals surface area contributed by atoms with Crippen LogP contribution in [-0.4, -0.2) is 48.4 Å². The van der Waals surface area contributed by atoms with Crippen LogP contribution in [0.3, 0.4) is 0 Å². The predicted octanol–water partition coefficient (Wildman–Crippen LogP) is 1.19. The van der Waals surface area contributed by atoms with Gasteiger partial charge in [0.1, 0.15) is 0 Å². The minimum absolute atomic E-state index is 0.207. The number of rotatable bonds is 5. The van der Waals surface area contributed by atoms with Gasteiger partial charge in [0.25, 0.3) is 0 Å². The van der Waals surface area contributed by atoms with E-state index in [4.69, 9.17) is 0 Å². The van der Waals surface area contributed by atoms with E-state index in [2.05, 4.69) is 18.7 Å². The molecule has 0 aliphatic carbocycles. The van der Waals surface area contributed by atoms with Gasteiger partial charge in [-0.25, -0.2) is 0 Å². The zero-order valence-electron chi connectivity index (χ0n) is 9.50. The smallest absolute Gasteiger partial charge is 0.236 e. The monoisotopic (exact) mass is 186 g/mol. The first-order valence-electron chi connectivity index (χ1n) is 5.00. The summed E-state index contributed by atoms with van der Waals surface area (Å²) in [5.74, 6) is 0.207. The summed E-state index contributed by atoms with van der Waals surface area (Å²) >= 11 is 0. The predicted molar refractivity (Wildman–Crippen MR) is 55.7 cm³/mol. The lowest BCUT2D eigenvalue weighted by atomic mass is 10.3. The average Bonchev–Trinajstić information content (AvgIpc) is 2.12. The van der Waals surface area contributed by atoms with Gasteiger partial charge in [0.2, 0.25) is 5.91 Å². The molecule has 3 heteroatoms. The Morgan fingerprint density at radius 2 is 1.69 bits per heavy atom. The Morgan fingerprint density at radius 1 is 1.23 bits per heavy atom. The van der Waals surface area contributed by atoms with Crippen molar-refractivity contribution in [1.82, 2.24) is 9.80 Å². The van der Waals surface area contributed by atoms with Gasteiger partial charge in [-0.15, -0.1) is 0 Å². The van der Waals surface area contributed by atoms with Crippen LogP contribution in [0.15, 0.2) is 0 Å². The number of nitrogens with zero attached hydrogens (tertiary/aromatic N) is 2. The Hall–Kier alpha value is -0.570. The highest BCUT2D eigenvalue weighted by atomic mass is 16.2. The van der Waals surface area contributed by atoms with Crippen molar-refractivity contribution >= 4 is 5.91 Å². The molecule has 0 fully saturated rings. The fraction of sp³-hybridized carbons (Fsp3) is 0.900. The topological polar surface area (TPSA) is 23.6 Å². The van der Waals surface area contributed by atoms with Gasteiger partial charge in [0.05, 0.1) is 6.54 Å². The maximum Gasteiger partial charge on any atom is 0.236 e. The van der Waals surface area contributed by atoms with E-state index in [1.807, 2.05) is 20.9 Å². The molecule has 0 heterocycles. The molecule has 0 aromatic carbocycles. The fourth-order valence-corrected chi connectivity index (χ4v) is 1.04. The highest BCUT2D eigenvalue weighted by molar-refractivity contribution is 5.78. The quantitative estimate of drug-likeness (QED) is 0.644. The second-order valence-corrected chi connectivity index (χ2v) is 3.56. The summed E-state index contributed by atoms with van der Waals surface area (Å²) < 4.78 is 0. The fourth-order valence-electron chi connectivity index (χ4n) is 1.04. The first-order valence-corrected chi connectivity index (χ1v) is 5.00. The Morgan fingerprint density at radius 3 is 2.00 bits per heavy atom. The number of amides is 1. The van der Waals surface area contributed by atoms with E-state index in [9.17, 15) is 4.79 Å². The first kappa shape index (κ1) is 12.4. The van der Waals surface area contributed by atoms with Crippen LogP contribution in [0.2, 0.25) is 0 Å². The van der Waals surface area contributed by atoms with Crippen LogP contribution in [0.5, 0.6) is 0 Å². The van der Waals surface area contributed by atoms with Crippen LogP contribution in [0, 0.1) is 0 Å². The molecular formula is C10H22N2O. The molecule has 0 bridgehead atoms. The van der Waals surface area contributed by atoms with Gasteiger partial charge in [0.15, 0.2) is 0 Å². The van der Waals surface area contributed by atoms with Crippen molar-refractivity contribution in [1.29, 1.82) is 0 Å². The summed E-state index contributed by atoms with van der Waals surface area (Å²) in [5.41, 5.74) is 0. The van der Waals surface area contributed by atoms with Crippen LogP contribution in [0.25, 0.3) is 0 Å². The van der Waals surface area contributed by atoms with Gasteiger partial charge in [0, 0.05) is 13.1 Å². The molecular weight excluding hydrogens is 164 g/mol. The Labute approximate surface area is 81.7 Å². The molecule has 78 valence electrons. The zero-order valence-corrected chi connectivity index (χ0v) is 9.50. The molecule has 0 saturated carbocycles. The number of carbonyl (C=O) groups is 1. The first-order chi connectivity index (χ1) is 6.02. The van der Waals surface area contributed by atoms with Gasteiger partial charge in [-0.2, -0.15) is 0 Å². The molecule has 0 aliphatic heterocycles. The van der Waals surface area contributed by atoms with Crippen molar-refractivity contribution in [3.63, 3.8) is 0 Å². The largest absolute Gasteiger partial charge is 0.342 e. The van der Waals surface area contributed by atoms with Crippen molar-refractivity contribution in [2.24, 2.45) is 0 Å². The van der Waals surface area contributed by atoms with Crippen LogP contribution >= 0.6 is 0 Å². The normalized spacial score (nSPS) is 11.0. The van der Waals surface area contributed by atoms with Crippen molar-refractivity contribution in [2.75, 3.05) is 26.7 Å². The third kappa shape index (κ3) is 4.27. The molecule has 0 radical (unpaired) electrons. The maximum absolute atomic E-state index is 11.6. The molecule has 13 heavy (non-hydrogen) atoms. The molecule has 0 aliphatic rings. The Bertz CT molecular complexity index is 153. The molecule has 3 nitrogen and oxygen atoms in total. The Kier molecular flexibility index (Phi) is 5.71. The third-order valence-corrected chi connectivity index (χ3v) is 2.42. The second-order valence-electron chi connectivity index (χ2n) is 3.56. The van der Waals surface area contributed by atoms with E-state index in [0.29, 0.717) is 12.6 Å². The molecule has 0 saturated heterocycles. The summed E-state index contributed by atoms with van der Waals surface area (Å²) in [4.78, 5) is 15.5. The molecule has 0 aromatic heterocycles. The van der Waals surface area contributed by atoms with Gasteiger partial charge >= 0.3 is 0 Å². The second kappa shape index (κ2) is 5.97. The van der Waals surface area contributed by atoms with E-state index < -0.39 is 0 Å². The summed E-state index contributed by atoms with van der Waals surface area (Å²) in [6, 6.07) is 0.295. The van der Waals surface area contributed by atoms with Gasteiger partial charge in [-0.1, -0.05) is 13.8 Å². The van der Waals surface area contributed by atoms with Crippen molar-refractivity contribution in [2.45, 2.75) is 33.7 Å². The zero-order chi connectivity index (χ0) is 10.4. The van der Waals surface area contributed by atoms with Crippen molar-refractivity contribution < 1.29 is 4.79 Å². The lowest BCUT2D eigenvalue weighted by Crippen LogP contribution is -2.41. The molecule has 0 unspecified atom stereocenters. The van der Waals surface area contributed by atoms with E-state index in [0.717, 1.165) is 13.1 Å². The summed E-state index contributed by atoms with van der Waals surface area (Å²) in [6.07, 6.45) is 0. The van der Waals surface area contributed by atoms with E-state index >= 15 is 0 Å². The lowest BCUT2D eigenvalue weighted by molar-refractivity contribution is -0.132. The Balaban J connectivity index is 3.98. The molecule has 1 amide bonds. The summed E-state index contributed by atoms with van der Waals surface area (Å²) in [7, 11) is 1.86. The van der Waals surface area contributed by atoms with E-state index in [1.54, 1.807) is 4.90 Å². The van der Waals surface area contributed by atoms with Crippen molar-refractivity contribution in [3.8, 4) is 0 Å². The highest BCUT2D eigenvalue weighted by Crippen LogP contribution is 1.96. The minimum atomic E-state index is 0.207. The number of carbonyl (C=O) groups excluding carboxylic acids is 1. The third-order valence-electron chi connectivity index (χ3n) is 2.42. The maximum atomic E-state index is 11.6. The minimum Gasteiger partial charge on any atom is -0.342 e. The molecule has 0 spiro atoms. The SMILES string of the molecule is CCN(CC)CC(=O)N(C)C(C)C. The van der Waals surface area contributed by atoms with E-state index in [-0.39, 0.29) is 5.91 Å². The molecule has 0 N–H and O–H groups in total. The van der Waals surface area contributed by atoms with Crippen LogP contribution in [-0.2, 0) is 4.79 Å². The van der Waals surface area contributed by atoms with Crippen LogP contribution in [0.1, 0.15) is 27.7 Å². The number of likely N-dealkylation sites (N-methyl/N-ethyl adjacent to an activating group) is 2. The molecule has 0 rings (SSSR count). The average molecular weight is 186 g/mol. The van der Waals surface area contributed by atoms with Crippen LogP contribution in [0.4, 0.5) is 0 Å². The molecule has 0 atom stereocenters.